The number of aromatic hydroxyl groups is 1. The van der Waals surface area contributed by atoms with E-state index >= 15 is 0 Å². The second-order valence-corrected chi connectivity index (χ2v) is 10.5. The lowest BCUT2D eigenvalue weighted by molar-refractivity contribution is -0.386. The fraction of sp³-hybridized carbons (Fsp3) is 0.444. The minimum Gasteiger partial charge on any atom is -0.504 e. The molecule has 194 valence electrons. The smallest absolute Gasteiger partial charge is 0.276 e. The average Bonchev–Trinajstić information content (AvgIpc) is 3.50. The molecular formula is C27H29N3O7. The molecule has 2 aromatic rings. The molecule has 4 aliphatic rings. The second kappa shape index (κ2) is 8.19. The molecule has 6 rings (SSSR count). The number of likely N-dealkylation sites (tertiary alicyclic amines) is 1. The predicted molar refractivity (Wildman–Crippen MR) is 133 cm³/mol. The SMILES string of the molecule is C=CCN1CC[C@]23c4c5c([N+](=O)[O-])cc(O)c4O[C@H]2[C@@H](N(C)C(=O)/C=C/c2ccoc2)CC[C@@]3(O)[C@H]1C5. The Morgan fingerprint density at radius 3 is 2.95 bits per heavy atom. The molecule has 0 radical (unpaired) electrons. The molecule has 2 bridgehead atoms. The summed E-state index contributed by atoms with van der Waals surface area (Å²) in [4.78, 5) is 28.5. The van der Waals surface area contributed by atoms with Gasteiger partial charge in [-0.3, -0.25) is 19.8 Å². The molecule has 2 N–H and O–H groups in total. The van der Waals surface area contributed by atoms with Gasteiger partial charge in [-0.2, -0.15) is 0 Å². The number of hydrogen-bond donors (Lipinski definition) is 2. The van der Waals surface area contributed by atoms with Gasteiger partial charge in [0, 0.05) is 42.4 Å². The van der Waals surface area contributed by atoms with Crippen LogP contribution in [0.4, 0.5) is 5.69 Å². The van der Waals surface area contributed by atoms with Crippen molar-refractivity contribution in [3.8, 4) is 11.5 Å². The van der Waals surface area contributed by atoms with Crippen molar-refractivity contribution >= 4 is 17.7 Å². The Morgan fingerprint density at radius 1 is 1.43 bits per heavy atom. The highest BCUT2D eigenvalue weighted by molar-refractivity contribution is 5.92. The quantitative estimate of drug-likeness (QED) is 0.264. The molecule has 10 heteroatoms. The summed E-state index contributed by atoms with van der Waals surface area (Å²) < 4.78 is 11.5. The first-order chi connectivity index (χ1) is 17.7. The van der Waals surface area contributed by atoms with Crippen LogP contribution >= 0.6 is 0 Å². The number of carbonyl (C=O) groups excluding carboxylic acids is 1. The maximum atomic E-state index is 13.2. The van der Waals surface area contributed by atoms with Crippen molar-refractivity contribution < 1.29 is 29.1 Å². The van der Waals surface area contributed by atoms with Crippen LogP contribution < -0.4 is 4.74 Å². The standard InChI is InChI=1S/C27H29N3O7/c1-3-10-29-11-9-26-23-17-13-21(29)27(26,33)8-6-18(28(2)22(32)5-4-16-7-12-36-15-16)25(26)37-24(23)20(31)14-19(17)30(34)35/h3-5,7,12,14-15,18,21,25,31,33H,1,6,8-11,13H2,2H3/b5-4+/t18-,21+,25-,26-,27+/m0/s1. The molecule has 0 unspecified atom stereocenters. The van der Waals surface area contributed by atoms with Crippen LogP contribution in [0.25, 0.3) is 6.08 Å². The number of furan rings is 1. The van der Waals surface area contributed by atoms with Gasteiger partial charge in [-0.1, -0.05) is 6.08 Å². The van der Waals surface area contributed by atoms with Gasteiger partial charge in [0.2, 0.25) is 5.91 Å². The largest absolute Gasteiger partial charge is 0.504 e. The van der Waals surface area contributed by atoms with Crippen LogP contribution in [0, 0.1) is 10.1 Å². The fourth-order valence-electron chi connectivity index (χ4n) is 7.43. The van der Waals surface area contributed by atoms with E-state index in [9.17, 15) is 25.1 Å². The number of nitro benzene ring substituents is 1. The first kappa shape index (κ1) is 23.7. The summed E-state index contributed by atoms with van der Waals surface area (Å²) in [6.45, 7) is 5.03. The molecule has 1 amide bonds. The van der Waals surface area contributed by atoms with E-state index in [1.54, 1.807) is 30.2 Å². The van der Waals surface area contributed by atoms with Crippen molar-refractivity contribution in [2.24, 2.45) is 0 Å². The summed E-state index contributed by atoms with van der Waals surface area (Å²) in [6.07, 6.45) is 8.93. The maximum Gasteiger partial charge on any atom is 0.276 e. The van der Waals surface area contributed by atoms with E-state index in [2.05, 4.69) is 11.5 Å². The van der Waals surface area contributed by atoms with Crippen LogP contribution in [-0.4, -0.2) is 74.8 Å². The van der Waals surface area contributed by atoms with E-state index in [1.807, 2.05) is 0 Å². The monoisotopic (exact) mass is 507 g/mol. The predicted octanol–water partition coefficient (Wildman–Crippen LogP) is 2.77. The Morgan fingerprint density at radius 2 is 2.24 bits per heavy atom. The third-order valence-corrected chi connectivity index (χ3v) is 9.01. The lowest BCUT2D eigenvalue weighted by atomic mass is 9.48. The number of nitrogens with zero attached hydrogens (tertiary/aromatic N) is 3. The maximum absolute atomic E-state index is 13.2. The van der Waals surface area contributed by atoms with Gasteiger partial charge in [-0.25, -0.2) is 0 Å². The molecule has 1 spiro atoms. The number of amides is 1. The molecule has 2 aliphatic carbocycles. The summed E-state index contributed by atoms with van der Waals surface area (Å²) in [5.74, 6) is -0.350. The Bertz CT molecular complexity index is 1320. The molecule has 1 aromatic heterocycles. The highest BCUT2D eigenvalue weighted by Crippen LogP contribution is 2.67. The number of nitro groups is 1. The minimum absolute atomic E-state index is 0.165. The van der Waals surface area contributed by atoms with E-state index < -0.39 is 28.1 Å². The summed E-state index contributed by atoms with van der Waals surface area (Å²) in [7, 11) is 1.70. The van der Waals surface area contributed by atoms with Gasteiger partial charge in [0.15, 0.2) is 11.5 Å². The molecule has 2 aliphatic heterocycles. The number of piperidine rings is 1. The number of aliphatic hydroxyl groups is 1. The number of carbonyl (C=O) groups is 1. The highest BCUT2D eigenvalue weighted by Gasteiger charge is 2.74. The Balaban J connectivity index is 1.47. The van der Waals surface area contributed by atoms with Crippen molar-refractivity contribution in [1.82, 2.24) is 9.80 Å². The summed E-state index contributed by atoms with van der Waals surface area (Å²) in [5.41, 5.74) is -0.602. The number of phenols is 1. The van der Waals surface area contributed by atoms with Gasteiger partial charge >= 0.3 is 0 Å². The lowest BCUT2D eigenvalue weighted by Crippen LogP contribution is -2.78. The van der Waals surface area contributed by atoms with E-state index in [4.69, 9.17) is 9.15 Å². The van der Waals surface area contributed by atoms with Crippen LogP contribution in [0.5, 0.6) is 11.5 Å². The van der Waals surface area contributed by atoms with Gasteiger partial charge in [0.05, 0.1) is 40.6 Å². The van der Waals surface area contributed by atoms with Gasteiger partial charge in [-0.15, -0.1) is 6.58 Å². The summed E-state index contributed by atoms with van der Waals surface area (Å²) >= 11 is 0. The van der Waals surface area contributed by atoms with Crippen molar-refractivity contribution in [2.75, 3.05) is 20.1 Å². The number of hydrogen-bond acceptors (Lipinski definition) is 8. The van der Waals surface area contributed by atoms with Crippen LogP contribution in [0.2, 0.25) is 0 Å². The van der Waals surface area contributed by atoms with E-state index in [0.717, 1.165) is 11.6 Å². The zero-order valence-electron chi connectivity index (χ0n) is 20.5. The molecule has 1 aromatic carbocycles. The Labute approximate surface area is 213 Å². The molecule has 3 heterocycles. The van der Waals surface area contributed by atoms with Crippen molar-refractivity contribution in [1.29, 1.82) is 0 Å². The first-order valence-corrected chi connectivity index (χ1v) is 12.5. The first-order valence-electron chi connectivity index (χ1n) is 12.5. The molecule has 1 saturated heterocycles. The zero-order valence-corrected chi connectivity index (χ0v) is 20.5. The molecule has 37 heavy (non-hydrogen) atoms. The number of benzene rings is 1. The average molecular weight is 508 g/mol. The van der Waals surface area contributed by atoms with Crippen LogP contribution in [0.15, 0.2) is 47.8 Å². The summed E-state index contributed by atoms with van der Waals surface area (Å²) in [6, 6.07) is 2.11. The van der Waals surface area contributed by atoms with Crippen LogP contribution in [0.3, 0.4) is 0 Å². The number of rotatable bonds is 6. The Hall–Kier alpha value is -3.63. The van der Waals surface area contributed by atoms with Crippen molar-refractivity contribution in [3.63, 3.8) is 0 Å². The van der Waals surface area contributed by atoms with Crippen LogP contribution in [0.1, 0.15) is 36.0 Å². The second-order valence-electron chi connectivity index (χ2n) is 10.5. The summed E-state index contributed by atoms with van der Waals surface area (Å²) in [5, 5.41) is 35.3. The van der Waals surface area contributed by atoms with E-state index in [0.29, 0.717) is 43.5 Å². The third kappa shape index (κ3) is 3.09. The number of ether oxygens (including phenoxy) is 1. The Kier molecular flexibility index (Phi) is 5.26. The van der Waals surface area contributed by atoms with Gasteiger partial charge < -0.3 is 24.3 Å². The van der Waals surface area contributed by atoms with Gasteiger partial charge in [0.1, 0.15) is 6.10 Å². The van der Waals surface area contributed by atoms with E-state index in [-0.39, 0.29) is 35.6 Å². The molecule has 2 fully saturated rings. The van der Waals surface area contributed by atoms with Crippen molar-refractivity contribution in [3.05, 3.63) is 70.2 Å². The molecular weight excluding hydrogens is 478 g/mol. The number of likely N-dealkylation sites (N-methyl/N-ethyl adjacent to an activating group) is 1. The van der Waals surface area contributed by atoms with Gasteiger partial charge in [0.25, 0.3) is 5.69 Å². The molecule has 5 atom stereocenters. The lowest BCUT2D eigenvalue weighted by Gasteiger charge is -2.64. The van der Waals surface area contributed by atoms with E-state index in [1.165, 1.54) is 18.6 Å². The molecule has 10 nitrogen and oxygen atoms in total. The van der Waals surface area contributed by atoms with Crippen LogP contribution in [-0.2, 0) is 16.6 Å². The molecule has 1 saturated carbocycles. The topological polar surface area (TPSA) is 130 Å². The minimum atomic E-state index is -1.24. The third-order valence-electron chi connectivity index (χ3n) is 9.01. The normalized spacial score (nSPS) is 31.6. The fourth-order valence-corrected chi connectivity index (χ4v) is 7.43. The zero-order chi connectivity index (χ0) is 26.1. The van der Waals surface area contributed by atoms with Gasteiger partial charge in [-0.05, 0) is 44.4 Å². The number of phenolic OH excluding ortho intramolecular Hbond substituents is 1. The van der Waals surface area contributed by atoms with Crippen molar-refractivity contribution in [2.45, 2.75) is 54.9 Å². The highest BCUT2D eigenvalue weighted by atomic mass is 16.6.